The second kappa shape index (κ2) is 6.94. The Bertz CT molecular complexity index is 835. The quantitative estimate of drug-likeness (QED) is 0.905. The van der Waals surface area contributed by atoms with Crippen LogP contribution in [-0.2, 0) is 10.0 Å². The minimum Gasteiger partial charge on any atom is -0.494 e. The summed E-state index contributed by atoms with van der Waals surface area (Å²) >= 11 is 0. The van der Waals surface area contributed by atoms with Gasteiger partial charge in [-0.2, -0.15) is 5.26 Å². The second-order valence-electron chi connectivity index (χ2n) is 4.53. The van der Waals surface area contributed by atoms with E-state index in [4.69, 9.17) is 10.00 Å². The topological polar surface area (TPSA) is 96.3 Å². The molecule has 0 radical (unpaired) electrons. The van der Waals surface area contributed by atoms with Crippen molar-refractivity contribution >= 4 is 15.9 Å². The van der Waals surface area contributed by atoms with Crippen molar-refractivity contribution in [1.29, 1.82) is 5.26 Å². The third kappa shape index (κ3) is 4.08. The molecule has 118 valence electrons. The Morgan fingerprint density at radius 2 is 1.74 bits per heavy atom. The van der Waals surface area contributed by atoms with Crippen LogP contribution in [0.1, 0.15) is 22.8 Å². The fourth-order valence-electron chi connectivity index (χ4n) is 1.82. The van der Waals surface area contributed by atoms with Crippen LogP contribution in [0.2, 0.25) is 0 Å². The summed E-state index contributed by atoms with van der Waals surface area (Å²) < 4.78 is 31.5. The standard InChI is InChI=1S/C16H14N2O4S/c1-2-22-14-7-5-13(6-8-14)16(19)18-23(20,21)15-9-3-12(11-17)4-10-15/h3-10H,2H2,1H3,(H,18,19). The van der Waals surface area contributed by atoms with Crippen molar-refractivity contribution in [2.24, 2.45) is 0 Å². The molecule has 7 heteroatoms. The van der Waals surface area contributed by atoms with Gasteiger partial charge in [0.25, 0.3) is 15.9 Å². The number of benzene rings is 2. The predicted octanol–water partition coefficient (Wildman–Crippen LogP) is 2.08. The van der Waals surface area contributed by atoms with Crippen LogP contribution in [0.4, 0.5) is 0 Å². The average molecular weight is 330 g/mol. The maximum atomic E-state index is 12.1. The van der Waals surface area contributed by atoms with Gasteiger partial charge < -0.3 is 4.74 Å². The number of hydrogen-bond donors (Lipinski definition) is 1. The van der Waals surface area contributed by atoms with Gasteiger partial charge in [0.2, 0.25) is 0 Å². The lowest BCUT2D eigenvalue weighted by molar-refractivity contribution is 0.0981. The third-order valence-electron chi connectivity index (χ3n) is 2.95. The largest absolute Gasteiger partial charge is 0.494 e. The number of hydrogen-bond acceptors (Lipinski definition) is 5. The van der Waals surface area contributed by atoms with E-state index < -0.39 is 15.9 Å². The van der Waals surface area contributed by atoms with Crippen LogP contribution >= 0.6 is 0 Å². The van der Waals surface area contributed by atoms with Crippen LogP contribution in [0.3, 0.4) is 0 Å². The van der Waals surface area contributed by atoms with E-state index in [1.54, 1.807) is 12.1 Å². The molecule has 1 amide bonds. The van der Waals surface area contributed by atoms with Gasteiger partial charge in [-0.25, -0.2) is 13.1 Å². The van der Waals surface area contributed by atoms with Gasteiger partial charge in [-0.1, -0.05) is 0 Å². The summed E-state index contributed by atoms with van der Waals surface area (Å²) in [6.45, 7) is 2.34. The molecule has 2 aromatic carbocycles. The normalized spacial score (nSPS) is 10.6. The number of nitrogens with one attached hydrogen (secondary N) is 1. The summed E-state index contributed by atoms with van der Waals surface area (Å²) in [5.41, 5.74) is 0.535. The number of carbonyl (C=O) groups is 1. The van der Waals surface area contributed by atoms with Crippen molar-refractivity contribution in [3.8, 4) is 11.8 Å². The third-order valence-corrected chi connectivity index (χ3v) is 4.30. The first-order chi connectivity index (χ1) is 11.0. The summed E-state index contributed by atoms with van der Waals surface area (Å²) in [6.07, 6.45) is 0. The Kier molecular flexibility index (Phi) is 4.98. The first-order valence-electron chi connectivity index (χ1n) is 6.76. The lowest BCUT2D eigenvalue weighted by Crippen LogP contribution is -2.30. The molecule has 0 aromatic heterocycles. The van der Waals surface area contributed by atoms with Crippen molar-refractivity contribution in [1.82, 2.24) is 4.72 Å². The van der Waals surface area contributed by atoms with E-state index in [9.17, 15) is 13.2 Å². The van der Waals surface area contributed by atoms with Gasteiger partial charge in [-0.05, 0) is 55.5 Å². The summed E-state index contributed by atoms with van der Waals surface area (Å²) in [7, 11) is -3.99. The number of rotatable bonds is 5. The maximum absolute atomic E-state index is 12.1. The van der Waals surface area contributed by atoms with Gasteiger partial charge in [0.05, 0.1) is 23.1 Å². The highest BCUT2D eigenvalue weighted by Gasteiger charge is 2.18. The summed E-state index contributed by atoms with van der Waals surface area (Å²) in [6, 6.07) is 13.3. The predicted molar refractivity (Wildman–Crippen MR) is 83.4 cm³/mol. The van der Waals surface area contributed by atoms with Crippen LogP contribution < -0.4 is 9.46 Å². The Morgan fingerprint density at radius 1 is 1.13 bits per heavy atom. The minimum atomic E-state index is -3.99. The monoisotopic (exact) mass is 330 g/mol. The Balaban J connectivity index is 2.15. The molecule has 0 heterocycles. The molecule has 2 rings (SSSR count). The van der Waals surface area contributed by atoms with E-state index in [2.05, 4.69) is 0 Å². The van der Waals surface area contributed by atoms with E-state index in [1.165, 1.54) is 36.4 Å². The first-order valence-corrected chi connectivity index (χ1v) is 8.25. The van der Waals surface area contributed by atoms with Gasteiger partial charge in [0.1, 0.15) is 5.75 Å². The number of nitrogens with zero attached hydrogens (tertiary/aromatic N) is 1. The molecule has 0 aliphatic rings. The molecule has 6 nitrogen and oxygen atoms in total. The summed E-state index contributed by atoms with van der Waals surface area (Å²) in [5, 5.41) is 8.71. The van der Waals surface area contributed by atoms with E-state index in [1.807, 2.05) is 17.7 Å². The van der Waals surface area contributed by atoms with Crippen molar-refractivity contribution in [3.05, 3.63) is 59.7 Å². The van der Waals surface area contributed by atoms with Gasteiger partial charge in [0, 0.05) is 5.56 Å². The van der Waals surface area contributed by atoms with Crippen LogP contribution in [0.15, 0.2) is 53.4 Å². The van der Waals surface area contributed by atoms with Crippen LogP contribution in [-0.4, -0.2) is 20.9 Å². The minimum absolute atomic E-state index is 0.0872. The number of carbonyl (C=O) groups excluding carboxylic acids is 1. The zero-order chi connectivity index (χ0) is 16.9. The zero-order valence-corrected chi connectivity index (χ0v) is 13.1. The van der Waals surface area contributed by atoms with Gasteiger partial charge in [-0.3, -0.25) is 4.79 Å². The lowest BCUT2D eigenvalue weighted by Gasteiger charge is -2.08. The summed E-state index contributed by atoms with van der Waals surface area (Å²) in [4.78, 5) is 12.0. The molecule has 0 aliphatic carbocycles. The van der Waals surface area contributed by atoms with Crippen LogP contribution in [0.5, 0.6) is 5.75 Å². The fraction of sp³-hybridized carbons (Fsp3) is 0.125. The van der Waals surface area contributed by atoms with Crippen LogP contribution in [0.25, 0.3) is 0 Å². The highest BCUT2D eigenvalue weighted by molar-refractivity contribution is 7.90. The molecule has 0 aliphatic heterocycles. The smallest absolute Gasteiger partial charge is 0.265 e. The molecule has 23 heavy (non-hydrogen) atoms. The highest BCUT2D eigenvalue weighted by Crippen LogP contribution is 2.14. The summed E-state index contributed by atoms with van der Waals surface area (Å²) in [5.74, 6) is -0.142. The number of amides is 1. The Morgan fingerprint density at radius 3 is 2.26 bits per heavy atom. The molecule has 1 N–H and O–H groups in total. The maximum Gasteiger partial charge on any atom is 0.265 e. The number of nitriles is 1. The van der Waals surface area contributed by atoms with Crippen molar-refractivity contribution < 1.29 is 17.9 Å². The molecule has 0 atom stereocenters. The van der Waals surface area contributed by atoms with Crippen molar-refractivity contribution in [2.75, 3.05) is 6.61 Å². The average Bonchev–Trinajstić information content (AvgIpc) is 2.55. The molecule has 0 unspecified atom stereocenters. The first kappa shape index (κ1) is 16.5. The van der Waals surface area contributed by atoms with E-state index in [0.29, 0.717) is 17.9 Å². The van der Waals surface area contributed by atoms with Gasteiger partial charge >= 0.3 is 0 Å². The molecule has 0 saturated carbocycles. The molecular weight excluding hydrogens is 316 g/mol. The van der Waals surface area contributed by atoms with E-state index >= 15 is 0 Å². The SMILES string of the molecule is CCOc1ccc(C(=O)NS(=O)(=O)c2ccc(C#N)cc2)cc1. The lowest BCUT2D eigenvalue weighted by atomic mass is 10.2. The molecule has 2 aromatic rings. The van der Waals surface area contributed by atoms with E-state index in [0.717, 1.165) is 0 Å². The van der Waals surface area contributed by atoms with Crippen molar-refractivity contribution in [3.63, 3.8) is 0 Å². The Hall–Kier alpha value is -2.85. The Labute approximate surface area is 134 Å². The number of sulfonamides is 1. The van der Waals surface area contributed by atoms with E-state index in [-0.39, 0.29) is 10.5 Å². The molecule has 0 spiro atoms. The van der Waals surface area contributed by atoms with Crippen molar-refractivity contribution in [2.45, 2.75) is 11.8 Å². The molecular formula is C16H14N2O4S. The molecule has 0 fully saturated rings. The molecule has 0 bridgehead atoms. The second-order valence-corrected chi connectivity index (χ2v) is 6.21. The fourth-order valence-corrected chi connectivity index (χ4v) is 2.79. The van der Waals surface area contributed by atoms with Gasteiger partial charge in [-0.15, -0.1) is 0 Å². The zero-order valence-electron chi connectivity index (χ0n) is 12.3. The van der Waals surface area contributed by atoms with Crippen LogP contribution in [0, 0.1) is 11.3 Å². The molecule has 0 saturated heterocycles. The highest BCUT2D eigenvalue weighted by atomic mass is 32.2. The number of ether oxygens (including phenoxy) is 1. The van der Waals surface area contributed by atoms with Gasteiger partial charge in [0.15, 0.2) is 0 Å².